The first-order chi connectivity index (χ1) is 12.2. The van der Waals surface area contributed by atoms with Crippen LogP contribution in [0.3, 0.4) is 0 Å². The third-order valence-corrected chi connectivity index (χ3v) is 3.48. The fourth-order valence-electron chi connectivity index (χ4n) is 2.24. The highest BCUT2D eigenvalue weighted by Gasteiger charge is 2.14. The number of nitro benzene ring substituents is 1. The summed E-state index contributed by atoms with van der Waals surface area (Å²) in [4.78, 5) is 14.8. The number of nitrogens with zero attached hydrogens (tertiary/aromatic N) is 4. The first-order valence-corrected chi connectivity index (χ1v) is 7.87. The second kappa shape index (κ2) is 7.48. The first-order valence-electron chi connectivity index (χ1n) is 7.87. The molecule has 126 valence electrons. The Labute approximate surface area is 144 Å². The SMILES string of the molecule is CCCOc1nc(-c2ccc([N+](=O)[O-])cc2)nnc1-c1ccccc1. The molecule has 0 aliphatic carbocycles. The Hall–Kier alpha value is -3.35. The monoisotopic (exact) mass is 336 g/mol. The van der Waals surface area contributed by atoms with Gasteiger partial charge in [-0.1, -0.05) is 37.3 Å². The molecule has 3 rings (SSSR count). The van der Waals surface area contributed by atoms with Crippen LogP contribution in [-0.2, 0) is 0 Å². The number of rotatable bonds is 6. The minimum atomic E-state index is -0.447. The van der Waals surface area contributed by atoms with E-state index in [9.17, 15) is 10.1 Å². The number of ether oxygens (including phenoxy) is 1. The molecule has 0 saturated carbocycles. The van der Waals surface area contributed by atoms with Crippen molar-refractivity contribution in [1.29, 1.82) is 0 Å². The average Bonchev–Trinajstić information content (AvgIpc) is 2.67. The highest BCUT2D eigenvalue weighted by molar-refractivity contribution is 5.66. The summed E-state index contributed by atoms with van der Waals surface area (Å²) in [5, 5.41) is 19.2. The maximum atomic E-state index is 10.8. The molecule has 0 aliphatic rings. The zero-order valence-electron chi connectivity index (χ0n) is 13.6. The molecule has 0 aliphatic heterocycles. The van der Waals surface area contributed by atoms with Crippen molar-refractivity contribution in [2.45, 2.75) is 13.3 Å². The van der Waals surface area contributed by atoms with E-state index in [4.69, 9.17) is 4.74 Å². The van der Waals surface area contributed by atoms with E-state index in [0.717, 1.165) is 12.0 Å². The standard InChI is InChI=1S/C18H16N4O3/c1-2-12-25-18-16(13-6-4-3-5-7-13)20-21-17(19-18)14-8-10-15(11-9-14)22(23)24/h3-11H,2,12H2,1H3. The van der Waals surface area contributed by atoms with E-state index in [0.29, 0.717) is 29.6 Å². The molecule has 1 aromatic heterocycles. The smallest absolute Gasteiger partial charge is 0.269 e. The lowest BCUT2D eigenvalue weighted by atomic mass is 10.1. The van der Waals surface area contributed by atoms with Gasteiger partial charge < -0.3 is 4.74 Å². The van der Waals surface area contributed by atoms with E-state index in [1.165, 1.54) is 12.1 Å². The van der Waals surface area contributed by atoms with Gasteiger partial charge in [-0.25, -0.2) is 0 Å². The highest BCUT2D eigenvalue weighted by Crippen LogP contribution is 2.28. The molecule has 0 saturated heterocycles. The van der Waals surface area contributed by atoms with Crippen molar-refractivity contribution >= 4 is 5.69 Å². The van der Waals surface area contributed by atoms with Gasteiger partial charge in [-0.2, -0.15) is 4.98 Å². The molecule has 1 heterocycles. The second-order valence-electron chi connectivity index (χ2n) is 5.31. The van der Waals surface area contributed by atoms with Crippen LogP contribution in [0.25, 0.3) is 22.6 Å². The lowest BCUT2D eigenvalue weighted by molar-refractivity contribution is -0.384. The van der Waals surface area contributed by atoms with Gasteiger partial charge in [0.2, 0.25) is 5.88 Å². The largest absolute Gasteiger partial charge is 0.476 e. The summed E-state index contributed by atoms with van der Waals surface area (Å²) >= 11 is 0. The Morgan fingerprint density at radius 1 is 1.00 bits per heavy atom. The lowest BCUT2D eigenvalue weighted by Gasteiger charge is -2.10. The van der Waals surface area contributed by atoms with Crippen molar-refractivity contribution < 1.29 is 9.66 Å². The number of nitro groups is 1. The number of hydrogen-bond acceptors (Lipinski definition) is 6. The Bertz CT molecular complexity index is 867. The number of aromatic nitrogens is 3. The van der Waals surface area contributed by atoms with Crippen LogP contribution in [-0.4, -0.2) is 26.7 Å². The van der Waals surface area contributed by atoms with Gasteiger partial charge in [0.1, 0.15) is 0 Å². The fraction of sp³-hybridized carbons (Fsp3) is 0.167. The molecule has 7 heteroatoms. The van der Waals surface area contributed by atoms with Crippen molar-refractivity contribution in [3.63, 3.8) is 0 Å². The van der Waals surface area contributed by atoms with Gasteiger partial charge in [0.15, 0.2) is 11.5 Å². The van der Waals surface area contributed by atoms with E-state index < -0.39 is 4.92 Å². The summed E-state index contributed by atoms with van der Waals surface area (Å²) in [5.41, 5.74) is 2.09. The predicted molar refractivity (Wildman–Crippen MR) is 93.1 cm³/mol. The molecule has 0 spiro atoms. The van der Waals surface area contributed by atoms with Crippen molar-refractivity contribution in [2.75, 3.05) is 6.61 Å². The Morgan fingerprint density at radius 2 is 1.72 bits per heavy atom. The number of hydrogen-bond donors (Lipinski definition) is 0. The van der Waals surface area contributed by atoms with Gasteiger partial charge in [-0.3, -0.25) is 10.1 Å². The van der Waals surface area contributed by atoms with Crippen molar-refractivity contribution in [3.8, 4) is 28.5 Å². The van der Waals surface area contributed by atoms with E-state index in [-0.39, 0.29) is 5.69 Å². The molecule has 3 aromatic rings. The normalized spacial score (nSPS) is 10.4. The van der Waals surface area contributed by atoms with Crippen LogP contribution in [0.4, 0.5) is 5.69 Å². The van der Waals surface area contributed by atoms with E-state index >= 15 is 0 Å². The molecule has 2 aromatic carbocycles. The van der Waals surface area contributed by atoms with Gasteiger partial charge >= 0.3 is 0 Å². The van der Waals surface area contributed by atoms with Crippen LogP contribution in [0.1, 0.15) is 13.3 Å². The van der Waals surface area contributed by atoms with Crippen LogP contribution in [0.2, 0.25) is 0 Å². The summed E-state index contributed by atoms with van der Waals surface area (Å²) < 4.78 is 5.74. The van der Waals surface area contributed by atoms with Gasteiger partial charge in [-0.15, -0.1) is 10.2 Å². The fourth-order valence-corrected chi connectivity index (χ4v) is 2.24. The van der Waals surface area contributed by atoms with Crippen molar-refractivity contribution in [1.82, 2.24) is 15.2 Å². The molecule has 0 N–H and O–H groups in total. The summed E-state index contributed by atoms with van der Waals surface area (Å²) in [6, 6.07) is 15.6. The third-order valence-electron chi connectivity index (χ3n) is 3.48. The summed E-state index contributed by atoms with van der Waals surface area (Å²) in [6.07, 6.45) is 0.838. The van der Waals surface area contributed by atoms with Crippen LogP contribution in [0, 0.1) is 10.1 Å². The van der Waals surface area contributed by atoms with Gasteiger partial charge in [0, 0.05) is 23.3 Å². The van der Waals surface area contributed by atoms with Gasteiger partial charge in [-0.05, 0) is 18.6 Å². The van der Waals surface area contributed by atoms with Gasteiger partial charge in [0.25, 0.3) is 5.69 Å². The van der Waals surface area contributed by atoms with E-state index in [2.05, 4.69) is 15.2 Å². The Balaban J connectivity index is 2.00. The quantitative estimate of drug-likeness (QED) is 0.501. The Kier molecular flexibility index (Phi) is 4.94. The highest BCUT2D eigenvalue weighted by atomic mass is 16.6. The van der Waals surface area contributed by atoms with Crippen molar-refractivity contribution in [2.24, 2.45) is 0 Å². The molecule has 0 radical (unpaired) electrons. The molecule has 7 nitrogen and oxygen atoms in total. The minimum Gasteiger partial charge on any atom is -0.476 e. The molecule has 0 amide bonds. The molecule has 0 atom stereocenters. The zero-order chi connectivity index (χ0) is 17.6. The van der Waals surface area contributed by atoms with E-state index in [1.807, 2.05) is 37.3 Å². The molecule has 0 fully saturated rings. The molecule has 0 bridgehead atoms. The van der Waals surface area contributed by atoms with Crippen molar-refractivity contribution in [3.05, 3.63) is 64.7 Å². The lowest BCUT2D eigenvalue weighted by Crippen LogP contribution is -2.04. The number of benzene rings is 2. The predicted octanol–water partition coefficient (Wildman–Crippen LogP) is 3.90. The molecule has 0 unspecified atom stereocenters. The van der Waals surface area contributed by atoms with E-state index in [1.54, 1.807) is 12.1 Å². The second-order valence-corrected chi connectivity index (χ2v) is 5.31. The summed E-state index contributed by atoms with van der Waals surface area (Å²) in [5.74, 6) is 0.761. The third kappa shape index (κ3) is 3.77. The average molecular weight is 336 g/mol. The maximum absolute atomic E-state index is 10.8. The Morgan fingerprint density at radius 3 is 2.36 bits per heavy atom. The minimum absolute atomic E-state index is 0.0140. The maximum Gasteiger partial charge on any atom is 0.269 e. The summed E-state index contributed by atoms with van der Waals surface area (Å²) in [6.45, 7) is 2.52. The molecular weight excluding hydrogens is 320 g/mol. The van der Waals surface area contributed by atoms with Crippen LogP contribution >= 0.6 is 0 Å². The molecular formula is C18H16N4O3. The summed E-state index contributed by atoms with van der Waals surface area (Å²) in [7, 11) is 0. The topological polar surface area (TPSA) is 91.0 Å². The van der Waals surface area contributed by atoms with Gasteiger partial charge in [0.05, 0.1) is 11.5 Å². The first kappa shape index (κ1) is 16.5. The number of non-ortho nitro benzene ring substituents is 1. The van der Waals surface area contributed by atoms with Crippen LogP contribution in [0.5, 0.6) is 5.88 Å². The van der Waals surface area contributed by atoms with Crippen LogP contribution < -0.4 is 4.74 Å². The zero-order valence-corrected chi connectivity index (χ0v) is 13.6. The van der Waals surface area contributed by atoms with Crippen LogP contribution in [0.15, 0.2) is 54.6 Å². The molecule has 25 heavy (non-hydrogen) atoms.